The minimum atomic E-state index is -0.337. The van der Waals surface area contributed by atoms with Crippen molar-refractivity contribution < 1.29 is 4.39 Å². The molecule has 0 aliphatic carbocycles. The van der Waals surface area contributed by atoms with Gasteiger partial charge in [-0.25, -0.2) is 4.39 Å². The smallest absolute Gasteiger partial charge is 0.129 e. The van der Waals surface area contributed by atoms with Crippen LogP contribution in [0.25, 0.3) is 0 Å². The first kappa shape index (κ1) is 12.5. The Morgan fingerprint density at radius 1 is 1.41 bits per heavy atom. The summed E-state index contributed by atoms with van der Waals surface area (Å²) in [6, 6.07) is 6.38. The van der Waals surface area contributed by atoms with Crippen molar-refractivity contribution in [3.8, 4) is 0 Å². The van der Waals surface area contributed by atoms with Gasteiger partial charge in [-0.05, 0) is 40.9 Å². The molecule has 0 aliphatic heterocycles. The molecule has 0 saturated carbocycles. The summed E-state index contributed by atoms with van der Waals surface area (Å²) in [6.45, 7) is 0. The zero-order valence-electron chi connectivity index (χ0n) is 8.99. The maximum absolute atomic E-state index is 13.7. The fourth-order valence-corrected chi connectivity index (χ4v) is 2.53. The lowest BCUT2D eigenvalue weighted by atomic mass is 10.0. The molecule has 2 rings (SSSR count). The van der Waals surface area contributed by atoms with Crippen LogP contribution >= 0.6 is 22.9 Å². The van der Waals surface area contributed by atoms with Crippen molar-refractivity contribution in [2.24, 2.45) is 5.84 Å². The van der Waals surface area contributed by atoms with E-state index in [1.165, 1.54) is 6.07 Å². The molecule has 1 heterocycles. The van der Waals surface area contributed by atoms with Crippen LogP contribution in [0.1, 0.15) is 17.2 Å². The van der Waals surface area contributed by atoms with Crippen LogP contribution in [0.2, 0.25) is 5.02 Å². The molecule has 0 aliphatic rings. The van der Waals surface area contributed by atoms with E-state index in [1.807, 2.05) is 16.8 Å². The highest BCUT2D eigenvalue weighted by atomic mass is 35.5. The number of rotatable bonds is 4. The van der Waals surface area contributed by atoms with E-state index in [9.17, 15) is 4.39 Å². The van der Waals surface area contributed by atoms with Crippen LogP contribution in [0.3, 0.4) is 0 Å². The Morgan fingerprint density at radius 3 is 2.82 bits per heavy atom. The van der Waals surface area contributed by atoms with Gasteiger partial charge in [0.25, 0.3) is 0 Å². The van der Waals surface area contributed by atoms with Crippen LogP contribution in [0, 0.1) is 5.82 Å². The Morgan fingerprint density at radius 2 is 2.24 bits per heavy atom. The second-order valence-electron chi connectivity index (χ2n) is 3.72. The van der Waals surface area contributed by atoms with Crippen molar-refractivity contribution in [2.75, 3.05) is 0 Å². The zero-order valence-corrected chi connectivity index (χ0v) is 10.6. The monoisotopic (exact) mass is 270 g/mol. The maximum atomic E-state index is 13.7. The Kier molecular flexibility index (Phi) is 4.12. The summed E-state index contributed by atoms with van der Waals surface area (Å²) in [7, 11) is 0. The topological polar surface area (TPSA) is 38.0 Å². The molecule has 5 heteroatoms. The van der Waals surface area contributed by atoms with Crippen LogP contribution in [0.5, 0.6) is 0 Å². The van der Waals surface area contributed by atoms with Crippen molar-refractivity contribution >= 4 is 22.9 Å². The van der Waals surface area contributed by atoms with Gasteiger partial charge in [-0.2, -0.15) is 11.3 Å². The minimum absolute atomic E-state index is 0.248. The molecule has 0 fully saturated rings. The third kappa shape index (κ3) is 3.04. The van der Waals surface area contributed by atoms with E-state index in [2.05, 4.69) is 5.43 Å². The summed E-state index contributed by atoms with van der Waals surface area (Å²) in [5, 5.41) is 4.40. The predicted octanol–water partition coefficient (Wildman–Crippen LogP) is 3.29. The van der Waals surface area contributed by atoms with Gasteiger partial charge in [0.15, 0.2) is 0 Å². The van der Waals surface area contributed by atoms with Gasteiger partial charge in [0.1, 0.15) is 5.82 Å². The lowest BCUT2D eigenvalue weighted by molar-refractivity contribution is 0.511. The van der Waals surface area contributed by atoms with Crippen molar-refractivity contribution in [3.63, 3.8) is 0 Å². The van der Waals surface area contributed by atoms with E-state index in [0.29, 0.717) is 17.0 Å². The quantitative estimate of drug-likeness (QED) is 0.661. The third-order valence-electron chi connectivity index (χ3n) is 2.56. The number of hydrazine groups is 1. The summed E-state index contributed by atoms with van der Waals surface area (Å²) in [5.74, 6) is 5.14. The van der Waals surface area contributed by atoms with Crippen LogP contribution in [0.15, 0.2) is 35.0 Å². The summed E-state index contributed by atoms with van der Waals surface area (Å²) < 4.78 is 13.7. The highest BCUT2D eigenvalue weighted by Gasteiger charge is 2.15. The van der Waals surface area contributed by atoms with Gasteiger partial charge >= 0.3 is 0 Å². The molecule has 1 aromatic carbocycles. The fourth-order valence-electron chi connectivity index (χ4n) is 1.69. The van der Waals surface area contributed by atoms with Gasteiger partial charge in [0.2, 0.25) is 0 Å². The van der Waals surface area contributed by atoms with E-state index in [4.69, 9.17) is 17.4 Å². The second-order valence-corrected chi connectivity index (χ2v) is 4.94. The second kappa shape index (κ2) is 5.60. The van der Waals surface area contributed by atoms with E-state index in [-0.39, 0.29) is 11.9 Å². The molecule has 0 spiro atoms. The first-order valence-electron chi connectivity index (χ1n) is 5.13. The lowest BCUT2D eigenvalue weighted by Gasteiger charge is -2.16. The average Bonchev–Trinajstić information content (AvgIpc) is 2.79. The Balaban J connectivity index is 2.23. The molecular formula is C12H12ClFN2S. The molecule has 90 valence electrons. The van der Waals surface area contributed by atoms with Crippen molar-refractivity contribution in [2.45, 2.75) is 12.5 Å². The molecule has 1 unspecified atom stereocenters. The highest BCUT2D eigenvalue weighted by molar-refractivity contribution is 7.07. The lowest BCUT2D eigenvalue weighted by Crippen LogP contribution is -2.30. The average molecular weight is 271 g/mol. The van der Waals surface area contributed by atoms with E-state index in [1.54, 1.807) is 23.5 Å². The van der Waals surface area contributed by atoms with Gasteiger partial charge in [-0.15, -0.1) is 0 Å². The third-order valence-corrected chi connectivity index (χ3v) is 3.53. The highest BCUT2D eigenvalue weighted by Crippen LogP contribution is 2.24. The molecule has 1 atom stereocenters. The van der Waals surface area contributed by atoms with Crippen LogP contribution in [-0.2, 0) is 6.42 Å². The Hall–Kier alpha value is -0.940. The number of hydrogen-bond acceptors (Lipinski definition) is 3. The van der Waals surface area contributed by atoms with Crippen molar-refractivity contribution in [1.29, 1.82) is 0 Å². The molecule has 2 aromatic rings. The molecule has 0 saturated heterocycles. The maximum Gasteiger partial charge on any atom is 0.129 e. The van der Waals surface area contributed by atoms with Crippen molar-refractivity contribution in [3.05, 3.63) is 57.0 Å². The first-order chi connectivity index (χ1) is 8.20. The molecule has 0 radical (unpaired) electrons. The summed E-state index contributed by atoms with van der Waals surface area (Å²) in [6.07, 6.45) is 0.651. The van der Waals surface area contributed by atoms with Crippen LogP contribution in [0.4, 0.5) is 4.39 Å². The summed E-state index contributed by atoms with van der Waals surface area (Å²) in [4.78, 5) is 0. The zero-order chi connectivity index (χ0) is 12.3. The first-order valence-corrected chi connectivity index (χ1v) is 6.45. The standard InChI is InChI=1S/C12H12ClFN2S/c13-9-1-2-10(11(14)6-9)12(16-15)5-8-3-4-17-7-8/h1-4,6-7,12,16H,5,15H2. The number of nitrogens with two attached hydrogens (primary N) is 1. The van der Waals surface area contributed by atoms with Crippen LogP contribution in [-0.4, -0.2) is 0 Å². The number of thiophene rings is 1. The van der Waals surface area contributed by atoms with E-state index in [0.717, 1.165) is 5.56 Å². The van der Waals surface area contributed by atoms with E-state index >= 15 is 0 Å². The molecule has 0 bridgehead atoms. The SMILES string of the molecule is NNC(Cc1ccsc1)c1ccc(Cl)cc1F. The minimum Gasteiger partial charge on any atom is -0.271 e. The van der Waals surface area contributed by atoms with Gasteiger partial charge in [-0.3, -0.25) is 11.3 Å². The Bertz CT molecular complexity index is 487. The largest absolute Gasteiger partial charge is 0.271 e. The number of nitrogens with one attached hydrogen (secondary N) is 1. The number of halogens is 2. The molecule has 0 amide bonds. The fraction of sp³-hybridized carbons (Fsp3) is 0.167. The molecule has 2 nitrogen and oxygen atoms in total. The predicted molar refractivity (Wildman–Crippen MR) is 69.5 cm³/mol. The molecule has 3 N–H and O–H groups in total. The van der Waals surface area contributed by atoms with Crippen LogP contribution < -0.4 is 11.3 Å². The Labute approximate surface area is 108 Å². The molecular weight excluding hydrogens is 259 g/mol. The summed E-state index contributed by atoms with van der Waals surface area (Å²) >= 11 is 7.33. The van der Waals surface area contributed by atoms with Crippen molar-refractivity contribution in [1.82, 2.24) is 5.43 Å². The number of benzene rings is 1. The van der Waals surface area contributed by atoms with Gasteiger partial charge in [0.05, 0.1) is 6.04 Å². The summed E-state index contributed by atoms with van der Waals surface area (Å²) in [5.41, 5.74) is 4.30. The molecule has 1 aromatic heterocycles. The van der Waals surface area contributed by atoms with E-state index < -0.39 is 0 Å². The van der Waals surface area contributed by atoms with Gasteiger partial charge in [0, 0.05) is 10.6 Å². The molecule has 17 heavy (non-hydrogen) atoms. The normalized spacial score (nSPS) is 12.6. The van der Waals surface area contributed by atoms with Gasteiger partial charge < -0.3 is 0 Å². The van der Waals surface area contributed by atoms with Gasteiger partial charge in [-0.1, -0.05) is 17.7 Å². The number of hydrogen-bond donors (Lipinski definition) is 2.